The van der Waals surface area contributed by atoms with Crippen molar-refractivity contribution in [2.45, 2.75) is 12.8 Å². The van der Waals surface area contributed by atoms with Gasteiger partial charge in [-0.25, -0.2) is 4.98 Å². The number of carbonyl (C=O) groups is 2. The van der Waals surface area contributed by atoms with Gasteiger partial charge in [0.15, 0.2) is 0 Å². The zero-order chi connectivity index (χ0) is 17.2. The molecule has 7 nitrogen and oxygen atoms in total. The van der Waals surface area contributed by atoms with Crippen LogP contribution in [0.5, 0.6) is 0 Å². The summed E-state index contributed by atoms with van der Waals surface area (Å²) < 4.78 is 5.35. The molecule has 25 heavy (non-hydrogen) atoms. The van der Waals surface area contributed by atoms with Crippen molar-refractivity contribution < 1.29 is 14.3 Å². The van der Waals surface area contributed by atoms with Gasteiger partial charge in [0.2, 0.25) is 5.91 Å². The van der Waals surface area contributed by atoms with E-state index in [1.54, 1.807) is 6.20 Å². The van der Waals surface area contributed by atoms with E-state index in [1.807, 2.05) is 21.9 Å². The Kier molecular flexibility index (Phi) is 4.57. The minimum Gasteiger partial charge on any atom is -0.378 e. The Morgan fingerprint density at radius 2 is 1.64 bits per heavy atom. The highest BCUT2D eigenvalue weighted by Crippen LogP contribution is 2.31. The van der Waals surface area contributed by atoms with Crippen LogP contribution in [0.1, 0.15) is 23.2 Å². The quantitative estimate of drug-likeness (QED) is 0.804. The van der Waals surface area contributed by atoms with Crippen molar-refractivity contribution in [2.75, 3.05) is 57.4 Å². The van der Waals surface area contributed by atoms with Crippen molar-refractivity contribution in [1.29, 1.82) is 0 Å². The standard InChI is InChI=1S/C18H24N4O3/c23-17(14-1-2-14)21-5-7-22(8-6-21)18(24)15-3-4-16(19-13-15)20-9-11-25-12-10-20/h3-4,13-14H,1-2,5-12H2. The molecule has 7 heteroatoms. The lowest BCUT2D eigenvalue weighted by Gasteiger charge is -2.35. The maximum Gasteiger partial charge on any atom is 0.255 e. The van der Waals surface area contributed by atoms with Gasteiger partial charge in [0.25, 0.3) is 5.91 Å². The monoisotopic (exact) mass is 344 g/mol. The van der Waals surface area contributed by atoms with Crippen LogP contribution in [0.3, 0.4) is 0 Å². The van der Waals surface area contributed by atoms with Crippen molar-refractivity contribution >= 4 is 17.6 Å². The molecule has 0 spiro atoms. The number of carbonyl (C=O) groups excluding carboxylic acids is 2. The highest BCUT2D eigenvalue weighted by atomic mass is 16.5. The van der Waals surface area contributed by atoms with Crippen LogP contribution in [-0.4, -0.2) is 79.1 Å². The second-order valence-electron chi connectivity index (χ2n) is 6.90. The average Bonchev–Trinajstić information content (AvgIpc) is 3.53. The molecule has 2 amide bonds. The SMILES string of the molecule is O=C(c1ccc(N2CCOCC2)nc1)N1CCN(C(=O)C2CC2)CC1. The van der Waals surface area contributed by atoms with Crippen LogP contribution in [0.4, 0.5) is 5.82 Å². The summed E-state index contributed by atoms with van der Waals surface area (Å²) in [6.45, 7) is 5.57. The first-order valence-corrected chi connectivity index (χ1v) is 9.09. The summed E-state index contributed by atoms with van der Waals surface area (Å²) in [6, 6.07) is 3.76. The Hall–Kier alpha value is -2.15. The summed E-state index contributed by atoms with van der Waals surface area (Å²) in [7, 11) is 0. The van der Waals surface area contributed by atoms with Gasteiger partial charge in [-0.3, -0.25) is 9.59 Å². The lowest BCUT2D eigenvalue weighted by molar-refractivity contribution is -0.134. The molecule has 1 aliphatic carbocycles. The Balaban J connectivity index is 1.34. The third kappa shape index (κ3) is 3.61. The lowest BCUT2D eigenvalue weighted by Crippen LogP contribution is -2.51. The third-order valence-electron chi connectivity index (χ3n) is 5.14. The number of rotatable bonds is 3. The van der Waals surface area contributed by atoms with Crippen LogP contribution in [-0.2, 0) is 9.53 Å². The average molecular weight is 344 g/mol. The lowest BCUT2D eigenvalue weighted by atomic mass is 10.2. The van der Waals surface area contributed by atoms with Gasteiger partial charge in [-0.2, -0.15) is 0 Å². The van der Waals surface area contributed by atoms with Crippen LogP contribution >= 0.6 is 0 Å². The van der Waals surface area contributed by atoms with E-state index in [0.717, 1.165) is 31.7 Å². The minimum atomic E-state index is -0.000418. The molecule has 2 aliphatic heterocycles. The van der Waals surface area contributed by atoms with Gasteiger partial charge < -0.3 is 19.4 Å². The van der Waals surface area contributed by atoms with E-state index in [4.69, 9.17) is 4.74 Å². The first-order valence-electron chi connectivity index (χ1n) is 9.09. The molecule has 0 atom stereocenters. The number of hydrogen-bond donors (Lipinski definition) is 0. The summed E-state index contributed by atoms with van der Waals surface area (Å²) in [5.74, 6) is 1.40. The predicted octanol–water partition coefficient (Wildman–Crippen LogP) is 0.613. The van der Waals surface area contributed by atoms with Gasteiger partial charge in [-0.05, 0) is 25.0 Å². The van der Waals surface area contributed by atoms with Gasteiger partial charge in [0.05, 0.1) is 18.8 Å². The Bertz CT molecular complexity index is 630. The summed E-state index contributed by atoms with van der Waals surface area (Å²) in [4.78, 5) is 35.1. The molecule has 3 heterocycles. The number of aromatic nitrogens is 1. The van der Waals surface area contributed by atoms with Crippen LogP contribution in [0.25, 0.3) is 0 Å². The Morgan fingerprint density at radius 1 is 0.960 bits per heavy atom. The molecule has 1 aromatic rings. The fourth-order valence-corrected chi connectivity index (χ4v) is 3.39. The molecular formula is C18H24N4O3. The molecule has 3 aliphatic rings. The van der Waals surface area contributed by atoms with Gasteiger partial charge in [-0.15, -0.1) is 0 Å². The topological polar surface area (TPSA) is 66.0 Å². The molecule has 2 saturated heterocycles. The smallest absolute Gasteiger partial charge is 0.255 e. The summed E-state index contributed by atoms with van der Waals surface area (Å²) in [5.41, 5.74) is 0.610. The van der Waals surface area contributed by atoms with Gasteiger partial charge in [0, 0.05) is 51.4 Å². The fourth-order valence-electron chi connectivity index (χ4n) is 3.39. The normalized spacial score (nSPS) is 21.4. The molecule has 0 bridgehead atoms. The number of ether oxygens (including phenoxy) is 1. The minimum absolute atomic E-state index is 0.000418. The number of pyridine rings is 1. The van der Waals surface area contributed by atoms with Gasteiger partial charge in [0.1, 0.15) is 5.82 Å². The number of anilines is 1. The molecule has 0 aromatic carbocycles. The number of nitrogens with zero attached hydrogens (tertiary/aromatic N) is 4. The highest BCUT2D eigenvalue weighted by molar-refractivity contribution is 5.94. The molecule has 134 valence electrons. The van der Waals surface area contributed by atoms with E-state index in [1.165, 1.54) is 0 Å². The van der Waals surface area contributed by atoms with E-state index < -0.39 is 0 Å². The molecule has 4 rings (SSSR count). The van der Waals surface area contributed by atoms with E-state index in [-0.39, 0.29) is 17.7 Å². The van der Waals surface area contributed by atoms with E-state index >= 15 is 0 Å². The first-order chi connectivity index (χ1) is 12.2. The predicted molar refractivity (Wildman–Crippen MR) is 92.5 cm³/mol. The van der Waals surface area contributed by atoms with Crippen LogP contribution in [0, 0.1) is 5.92 Å². The number of hydrogen-bond acceptors (Lipinski definition) is 5. The number of amides is 2. The molecule has 1 aromatic heterocycles. The van der Waals surface area contributed by atoms with Crippen molar-refractivity contribution in [3.8, 4) is 0 Å². The number of piperazine rings is 1. The summed E-state index contributed by atoms with van der Waals surface area (Å²) >= 11 is 0. The van der Waals surface area contributed by atoms with Crippen LogP contribution < -0.4 is 4.90 Å². The second kappa shape index (κ2) is 7.00. The second-order valence-corrected chi connectivity index (χ2v) is 6.90. The van der Waals surface area contributed by atoms with Crippen molar-refractivity contribution in [1.82, 2.24) is 14.8 Å². The van der Waals surface area contributed by atoms with Crippen molar-refractivity contribution in [3.63, 3.8) is 0 Å². The third-order valence-corrected chi connectivity index (χ3v) is 5.14. The maximum atomic E-state index is 12.7. The molecular weight excluding hydrogens is 320 g/mol. The van der Waals surface area contributed by atoms with Crippen LogP contribution in [0.15, 0.2) is 18.3 Å². The zero-order valence-corrected chi connectivity index (χ0v) is 14.4. The van der Waals surface area contributed by atoms with Crippen molar-refractivity contribution in [3.05, 3.63) is 23.9 Å². The zero-order valence-electron chi connectivity index (χ0n) is 14.4. The van der Waals surface area contributed by atoms with E-state index in [2.05, 4.69) is 9.88 Å². The Labute approximate surface area is 147 Å². The molecule has 3 fully saturated rings. The maximum absolute atomic E-state index is 12.7. The Morgan fingerprint density at radius 3 is 2.24 bits per heavy atom. The molecule has 0 unspecified atom stereocenters. The summed E-state index contributed by atoms with van der Waals surface area (Å²) in [6.07, 6.45) is 3.72. The highest BCUT2D eigenvalue weighted by Gasteiger charge is 2.35. The fraction of sp³-hybridized carbons (Fsp3) is 0.611. The van der Waals surface area contributed by atoms with Crippen LogP contribution in [0.2, 0.25) is 0 Å². The van der Waals surface area contributed by atoms with Gasteiger partial charge in [-0.1, -0.05) is 0 Å². The van der Waals surface area contributed by atoms with Crippen molar-refractivity contribution in [2.24, 2.45) is 5.92 Å². The summed E-state index contributed by atoms with van der Waals surface area (Å²) in [5, 5.41) is 0. The molecule has 0 N–H and O–H groups in total. The van der Waals surface area contributed by atoms with E-state index in [9.17, 15) is 9.59 Å². The molecule has 1 saturated carbocycles. The first kappa shape index (κ1) is 16.3. The molecule has 0 radical (unpaired) electrons. The van der Waals surface area contributed by atoms with Gasteiger partial charge >= 0.3 is 0 Å². The largest absolute Gasteiger partial charge is 0.378 e. The number of morpholine rings is 1. The van der Waals surface area contributed by atoms with E-state index in [0.29, 0.717) is 45.0 Å².